The summed E-state index contributed by atoms with van der Waals surface area (Å²) in [5.41, 5.74) is 4.48. The lowest BCUT2D eigenvalue weighted by molar-refractivity contribution is 0.102. The number of anilines is 1. The van der Waals surface area contributed by atoms with Gasteiger partial charge in [0.15, 0.2) is 0 Å². The summed E-state index contributed by atoms with van der Waals surface area (Å²) in [7, 11) is 0. The Kier molecular flexibility index (Phi) is 5.39. The van der Waals surface area contributed by atoms with Crippen LogP contribution >= 0.6 is 31.9 Å². The van der Waals surface area contributed by atoms with Crippen LogP contribution in [0, 0.1) is 13.8 Å². The van der Waals surface area contributed by atoms with E-state index in [0.717, 1.165) is 31.6 Å². The third-order valence-electron chi connectivity index (χ3n) is 3.80. The zero-order chi connectivity index (χ0) is 18.0. The van der Waals surface area contributed by atoms with E-state index in [4.69, 9.17) is 0 Å². The summed E-state index contributed by atoms with van der Waals surface area (Å²) in [6.45, 7) is 4.65. The average molecular weight is 463 g/mol. The van der Waals surface area contributed by atoms with Gasteiger partial charge >= 0.3 is 0 Å². The fourth-order valence-electron chi connectivity index (χ4n) is 2.60. The number of nitrogens with one attached hydrogen (secondary N) is 1. The molecule has 1 heterocycles. The van der Waals surface area contributed by atoms with Crippen molar-refractivity contribution in [2.45, 2.75) is 20.4 Å². The maximum Gasteiger partial charge on any atom is 0.255 e. The van der Waals surface area contributed by atoms with Gasteiger partial charge in [-0.15, -0.1) is 0 Å². The topological polar surface area (TPSA) is 46.9 Å². The molecule has 6 heteroatoms. The van der Waals surface area contributed by atoms with Gasteiger partial charge in [0, 0.05) is 20.2 Å². The van der Waals surface area contributed by atoms with E-state index in [-0.39, 0.29) is 5.91 Å². The molecular weight excluding hydrogens is 446 g/mol. The monoisotopic (exact) mass is 461 g/mol. The van der Waals surface area contributed by atoms with E-state index in [1.807, 2.05) is 67.1 Å². The molecule has 0 atom stereocenters. The van der Waals surface area contributed by atoms with Gasteiger partial charge < -0.3 is 5.32 Å². The number of nitrogens with zero attached hydrogens (tertiary/aromatic N) is 2. The van der Waals surface area contributed by atoms with E-state index in [1.54, 1.807) is 0 Å². The summed E-state index contributed by atoms with van der Waals surface area (Å²) < 4.78 is 3.72. The van der Waals surface area contributed by atoms with Gasteiger partial charge in [-0.2, -0.15) is 5.10 Å². The van der Waals surface area contributed by atoms with Crippen LogP contribution in [0.15, 0.2) is 57.5 Å². The molecule has 0 aliphatic heterocycles. The Morgan fingerprint density at radius 3 is 2.60 bits per heavy atom. The summed E-state index contributed by atoms with van der Waals surface area (Å²) in [4.78, 5) is 12.6. The molecule has 25 heavy (non-hydrogen) atoms. The molecule has 0 bridgehead atoms. The predicted molar refractivity (Wildman–Crippen MR) is 107 cm³/mol. The number of aromatic nitrogens is 2. The second-order valence-corrected chi connectivity index (χ2v) is 7.63. The molecule has 0 unspecified atom stereocenters. The van der Waals surface area contributed by atoms with Crippen molar-refractivity contribution < 1.29 is 4.79 Å². The molecule has 4 nitrogen and oxygen atoms in total. The fraction of sp³-hybridized carbons (Fsp3) is 0.158. The van der Waals surface area contributed by atoms with E-state index in [2.05, 4.69) is 42.3 Å². The Morgan fingerprint density at radius 1 is 1.12 bits per heavy atom. The Balaban J connectivity index is 1.78. The van der Waals surface area contributed by atoms with E-state index in [9.17, 15) is 4.79 Å². The van der Waals surface area contributed by atoms with Crippen LogP contribution < -0.4 is 5.32 Å². The molecule has 1 aromatic heterocycles. The zero-order valence-electron chi connectivity index (χ0n) is 13.9. The van der Waals surface area contributed by atoms with Crippen molar-refractivity contribution in [3.05, 3.63) is 80.0 Å². The summed E-state index contributed by atoms with van der Waals surface area (Å²) in [6.07, 6.45) is 0. The Bertz CT molecular complexity index is 934. The Morgan fingerprint density at radius 2 is 1.92 bits per heavy atom. The fourth-order valence-corrected chi connectivity index (χ4v) is 3.75. The maximum absolute atomic E-state index is 12.6. The van der Waals surface area contributed by atoms with Crippen molar-refractivity contribution in [2.24, 2.45) is 0 Å². The SMILES string of the molecule is Cc1cc(C)n(Cc2cccc(C(=O)Nc3ccc(Br)cc3Br)c2)n1. The van der Waals surface area contributed by atoms with Crippen molar-refractivity contribution in [1.82, 2.24) is 9.78 Å². The number of hydrogen-bond acceptors (Lipinski definition) is 2. The third kappa shape index (κ3) is 4.38. The highest BCUT2D eigenvalue weighted by molar-refractivity contribution is 9.11. The smallest absolute Gasteiger partial charge is 0.255 e. The molecule has 1 amide bonds. The molecule has 0 saturated heterocycles. The standard InChI is InChI=1S/C19H17Br2N3O/c1-12-8-13(2)24(23-12)11-14-4-3-5-15(9-14)19(25)22-18-7-6-16(20)10-17(18)21/h3-10H,11H2,1-2H3,(H,22,25). The van der Waals surface area contributed by atoms with Crippen molar-refractivity contribution in [1.29, 1.82) is 0 Å². The third-order valence-corrected chi connectivity index (χ3v) is 4.95. The number of carbonyl (C=O) groups is 1. The van der Waals surface area contributed by atoms with E-state index >= 15 is 0 Å². The van der Waals surface area contributed by atoms with Crippen LogP contribution in [0.3, 0.4) is 0 Å². The molecule has 2 aromatic carbocycles. The second kappa shape index (κ2) is 7.54. The van der Waals surface area contributed by atoms with Crippen LogP contribution in [-0.2, 0) is 6.54 Å². The highest BCUT2D eigenvalue weighted by Crippen LogP contribution is 2.26. The quantitative estimate of drug-likeness (QED) is 0.569. The number of amides is 1. The lowest BCUT2D eigenvalue weighted by Crippen LogP contribution is -2.13. The van der Waals surface area contributed by atoms with Crippen molar-refractivity contribution in [3.8, 4) is 0 Å². The lowest BCUT2D eigenvalue weighted by Gasteiger charge is -2.10. The number of benzene rings is 2. The number of aryl methyl sites for hydroxylation is 2. The molecule has 0 spiro atoms. The number of hydrogen-bond donors (Lipinski definition) is 1. The molecule has 0 fully saturated rings. The van der Waals surface area contributed by atoms with Crippen molar-refractivity contribution in [2.75, 3.05) is 5.32 Å². The normalized spacial score (nSPS) is 10.7. The molecule has 3 aromatic rings. The van der Waals surface area contributed by atoms with Crippen LogP contribution in [0.25, 0.3) is 0 Å². The zero-order valence-corrected chi connectivity index (χ0v) is 17.1. The van der Waals surface area contributed by atoms with Gasteiger partial charge in [0.25, 0.3) is 5.91 Å². The first-order valence-electron chi connectivity index (χ1n) is 7.79. The molecule has 0 aliphatic rings. The van der Waals surface area contributed by atoms with Gasteiger partial charge in [0.1, 0.15) is 0 Å². The summed E-state index contributed by atoms with van der Waals surface area (Å²) in [5, 5.41) is 7.40. The summed E-state index contributed by atoms with van der Waals surface area (Å²) in [5.74, 6) is -0.141. The van der Waals surface area contributed by atoms with E-state index in [1.165, 1.54) is 0 Å². The first-order valence-corrected chi connectivity index (χ1v) is 9.37. The second-order valence-electron chi connectivity index (χ2n) is 5.86. The minimum atomic E-state index is -0.141. The van der Waals surface area contributed by atoms with Crippen LogP contribution in [0.5, 0.6) is 0 Å². The number of carbonyl (C=O) groups excluding carboxylic acids is 1. The van der Waals surface area contributed by atoms with E-state index in [0.29, 0.717) is 12.1 Å². The Hall–Kier alpha value is -1.92. The van der Waals surface area contributed by atoms with E-state index < -0.39 is 0 Å². The molecule has 1 N–H and O–H groups in total. The maximum atomic E-state index is 12.6. The van der Waals surface area contributed by atoms with Crippen LogP contribution in [0.1, 0.15) is 27.3 Å². The molecule has 0 radical (unpaired) electrons. The van der Waals surface area contributed by atoms with Crippen LogP contribution in [0.2, 0.25) is 0 Å². The van der Waals surface area contributed by atoms with Gasteiger partial charge in [-0.1, -0.05) is 28.1 Å². The highest BCUT2D eigenvalue weighted by atomic mass is 79.9. The lowest BCUT2D eigenvalue weighted by atomic mass is 10.1. The minimum Gasteiger partial charge on any atom is -0.321 e. The summed E-state index contributed by atoms with van der Waals surface area (Å²) in [6, 6.07) is 15.3. The first-order chi connectivity index (χ1) is 11.9. The molecule has 0 aliphatic carbocycles. The van der Waals surface area contributed by atoms with Gasteiger partial charge in [-0.25, -0.2) is 0 Å². The Labute approximate surface area is 163 Å². The van der Waals surface area contributed by atoms with Crippen molar-refractivity contribution >= 4 is 43.5 Å². The molecule has 128 valence electrons. The predicted octanol–water partition coefficient (Wildman–Crippen LogP) is 5.33. The van der Waals surface area contributed by atoms with Gasteiger partial charge in [0.05, 0.1) is 17.9 Å². The average Bonchev–Trinajstić information content (AvgIpc) is 2.87. The molecular formula is C19H17Br2N3O. The van der Waals surface area contributed by atoms with Gasteiger partial charge in [-0.3, -0.25) is 9.48 Å². The molecule has 0 saturated carbocycles. The number of halogens is 2. The van der Waals surface area contributed by atoms with Gasteiger partial charge in [0.2, 0.25) is 0 Å². The highest BCUT2D eigenvalue weighted by Gasteiger charge is 2.10. The van der Waals surface area contributed by atoms with Crippen LogP contribution in [-0.4, -0.2) is 15.7 Å². The largest absolute Gasteiger partial charge is 0.321 e. The minimum absolute atomic E-state index is 0.141. The summed E-state index contributed by atoms with van der Waals surface area (Å²) >= 11 is 6.87. The number of rotatable bonds is 4. The molecule has 3 rings (SSSR count). The van der Waals surface area contributed by atoms with Gasteiger partial charge in [-0.05, 0) is 71.7 Å². The van der Waals surface area contributed by atoms with Crippen LogP contribution in [0.4, 0.5) is 5.69 Å². The first kappa shape index (κ1) is 17.9. The van der Waals surface area contributed by atoms with Crippen molar-refractivity contribution in [3.63, 3.8) is 0 Å².